The van der Waals surface area contributed by atoms with Gasteiger partial charge in [-0.3, -0.25) is 0 Å². The Morgan fingerprint density at radius 1 is 1.05 bits per heavy atom. The summed E-state index contributed by atoms with van der Waals surface area (Å²) in [5.74, 6) is -1.02. The van der Waals surface area contributed by atoms with Crippen molar-refractivity contribution < 1.29 is 18.4 Å². The Hall–Kier alpha value is -2.76. The quantitative estimate of drug-likeness (QED) is 0.803. The Bertz CT molecular complexity index is 749. The number of phenols is 1. The lowest BCUT2D eigenvalue weighted by molar-refractivity contribution is 0.415. The number of hydrogen-bond donors (Lipinski definition) is 1. The van der Waals surface area contributed by atoms with Gasteiger partial charge in [-0.2, -0.15) is 4.98 Å². The van der Waals surface area contributed by atoms with Gasteiger partial charge < -0.3 is 9.63 Å². The zero-order chi connectivity index (χ0) is 14.8. The lowest BCUT2D eigenvalue weighted by atomic mass is 10.1. The molecule has 1 N–H and O–H groups in total. The second-order valence-corrected chi connectivity index (χ2v) is 4.45. The van der Waals surface area contributed by atoms with Crippen LogP contribution in [0.1, 0.15) is 11.4 Å². The number of halogens is 2. The fraction of sp³-hybridized carbons (Fsp3) is 0.0667. The molecule has 21 heavy (non-hydrogen) atoms. The van der Waals surface area contributed by atoms with Gasteiger partial charge in [0.15, 0.2) is 5.82 Å². The van der Waals surface area contributed by atoms with Gasteiger partial charge in [0.1, 0.15) is 22.9 Å². The maximum absolute atomic E-state index is 13.7. The third kappa shape index (κ3) is 2.74. The zero-order valence-electron chi connectivity index (χ0n) is 10.8. The molecule has 0 fully saturated rings. The maximum Gasteiger partial charge on any atom is 0.264 e. The predicted molar refractivity (Wildman–Crippen MR) is 70.6 cm³/mol. The lowest BCUT2D eigenvalue weighted by Gasteiger charge is -1.99. The van der Waals surface area contributed by atoms with Gasteiger partial charge in [-0.15, -0.1) is 0 Å². The highest BCUT2D eigenvalue weighted by atomic mass is 19.1. The second-order valence-electron chi connectivity index (χ2n) is 4.45. The molecule has 0 bridgehead atoms. The molecule has 0 aliphatic rings. The molecular weight excluding hydrogens is 278 g/mol. The molecule has 0 spiro atoms. The smallest absolute Gasteiger partial charge is 0.264 e. The minimum atomic E-state index is -0.646. The maximum atomic E-state index is 13.7. The summed E-state index contributed by atoms with van der Waals surface area (Å²) in [5.41, 5.74) is 0.664. The van der Waals surface area contributed by atoms with Crippen molar-refractivity contribution in [1.82, 2.24) is 10.1 Å². The molecule has 106 valence electrons. The van der Waals surface area contributed by atoms with Crippen LogP contribution in [-0.2, 0) is 6.42 Å². The van der Waals surface area contributed by atoms with Crippen LogP contribution in [0.4, 0.5) is 8.78 Å². The first kappa shape index (κ1) is 13.2. The third-order valence-electron chi connectivity index (χ3n) is 2.95. The van der Waals surface area contributed by atoms with Gasteiger partial charge >= 0.3 is 0 Å². The molecule has 0 amide bonds. The highest BCUT2D eigenvalue weighted by Gasteiger charge is 2.17. The van der Waals surface area contributed by atoms with Crippen LogP contribution < -0.4 is 0 Å². The Labute approximate surface area is 118 Å². The van der Waals surface area contributed by atoms with Gasteiger partial charge in [-0.1, -0.05) is 23.4 Å². The first-order chi connectivity index (χ1) is 10.1. The van der Waals surface area contributed by atoms with Crippen LogP contribution in [0.15, 0.2) is 47.0 Å². The third-order valence-corrected chi connectivity index (χ3v) is 2.95. The largest absolute Gasteiger partial charge is 0.507 e. The Morgan fingerprint density at radius 3 is 2.52 bits per heavy atom. The highest BCUT2D eigenvalue weighted by molar-refractivity contribution is 5.62. The molecule has 1 aromatic heterocycles. The molecule has 0 atom stereocenters. The minimum Gasteiger partial charge on any atom is -0.507 e. The van der Waals surface area contributed by atoms with Gasteiger partial charge in [-0.05, 0) is 29.8 Å². The average Bonchev–Trinajstić information content (AvgIpc) is 2.89. The number of nitrogens with zero attached hydrogens (tertiary/aromatic N) is 2. The van der Waals surface area contributed by atoms with Crippen molar-refractivity contribution in [3.63, 3.8) is 0 Å². The summed E-state index contributed by atoms with van der Waals surface area (Å²) in [6.07, 6.45) is 0.318. The van der Waals surface area contributed by atoms with Crippen molar-refractivity contribution in [3.8, 4) is 17.2 Å². The van der Waals surface area contributed by atoms with E-state index in [1.54, 1.807) is 12.1 Å². The van der Waals surface area contributed by atoms with Crippen LogP contribution in [0.2, 0.25) is 0 Å². The van der Waals surface area contributed by atoms with E-state index in [9.17, 15) is 13.9 Å². The van der Waals surface area contributed by atoms with E-state index >= 15 is 0 Å². The number of phenolic OH excluding ortho intramolecular Hbond substituents is 1. The van der Waals surface area contributed by atoms with Gasteiger partial charge in [0, 0.05) is 6.42 Å². The normalized spacial score (nSPS) is 10.8. The molecule has 0 unspecified atom stereocenters. The monoisotopic (exact) mass is 288 g/mol. The highest BCUT2D eigenvalue weighted by Crippen LogP contribution is 2.30. The molecule has 6 heteroatoms. The summed E-state index contributed by atoms with van der Waals surface area (Å²) >= 11 is 0. The van der Waals surface area contributed by atoms with E-state index < -0.39 is 5.82 Å². The van der Waals surface area contributed by atoms with Crippen LogP contribution in [0.3, 0.4) is 0 Å². The molecule has 0 aliphatic heterocycles. The summed E-state index contributed by atoms with van der Waals surface area (Å²) in [7, 11) is 0. The van der Waals surface area contributed by atoms with Gasteiger partial charge in [-0.25, -0.2) is 8.78 Å². The molecule has 0 radical (unpaired) electrons. The Kier molecular flexibility index (Phi) is 3.35. The molecule has 0 saturated carbocycles. The lowest BCUT2D eigenvalue weighted by Crippen LogP contribution is -1.91. The summed E-state index contributed by atoms with van der Waals surface area (Å²) in [6, 6.07) is 9.78. The van der Waals surface area contributed by atoms with Crippen molar-refractivity contribution in [2.45, 2.75) is 6.42 Å². The molecular formula is C15H10F2N2O2. The summed E-state index contributed by atoms with van der Waals surface area (Å²) in [6.45, 7) is 0. The zero-order valence-corrected chi connectivity index (χ0v) is 10.8. The molecule has 1 heterocycles. The van der Waals surface area contributed by atoms with E-state index in [-0.39, 0.29) is 23.0 Å². The van der Waals surface area contributed by atoms with Crippen molar-refractivity contribution in [1.29, 1.82) is 0 Å². The second kappa shape index (κ2) is 5.32. The van der Waals surface area contributed by atoms with Crippen LogP contribution in [-0.4, -0.2) is 15.2 Å². The van der Waals surface area contributed by atoms with E-state index in [1.165, 1.54) is 30.3 Å². The van der Waals surface area contributed by atoms with E-state index in [2.05, 4.69) is 10.1 Å². The fourth-order valence-corrected chi connectivity index (χ4v) is 1.94. The molecule has 0 saturated heterocycles. The van der Waals surface area contributed by atoms with E-state index in [4.69, 9.17) is 4.52 Å². The van der Waals surface area contributed by atoms with Crippen LogP contribution in [0.5, 0.6) is 5.75 Å². The number of benzene rings is 2. The molecule has 0 aliphatic carbocycles. The summed E-state index contributed by atoms with van der Waals surface area (Å²) < 4.78 is 31.5. The van der Waals surface area contributed by atoms with Crippen LogP contribution in [0.25, 0.3) is 11.5 Å². The fourth-order valence-electron chi connectivity index (χ4n) is 1.94. The van der Waals surface area contributed by atoms with Gasteiger partial charge in [0.25, 0.3) is 5.89 Å². The number of hydrogen-bond acceptors (Lipinski definition) is 4. The Balaban J connectivity index is 1.88. The summed E-state index contributed by atoms with van der Waals surface area (Å²) in [4.78, 5) is 4.05. The van der Waals surface area contributed by atoms with Crippen molar-refractivity contribution in [2.24, 2.45) is 0 Å². The van der Waals surface area contributed by atoms with Crippen molar-refractivity contribution >= 4 is 0 Å². The first-order valence-corrected chi connectivity index (χ1v) is 6.18. The average molecular weight is 288 g/mol. The molecule has 4 nitrogen and oxygen atoms in total. The number of aromatic hydroxyl groups is 1. The number of aromatic nitrogens is 2. The SMILES string of the molecule is Oc1cccc(F)c1-c1nc(Cc2ccc(F)cc2)no1. The van der Waals surface area contributed by atoms with Crippen molar-refractivity contribution in [2.75, 3.05) is 0 Å². The molecule has 2 aromatic carbocycles. The Morgan fingerprint density at radius 2 is 1.81 bits per heavy atom. The van der Waals surface area contributed by atoms with Gasteiger partial charge in [0.2, 0.25) is 0 Å². The standard InChI is InChI=1S/C15H10F2N2O2/c16-10-6-4-9(5-7-10)8-13-18-15(21-19-13)14-11(17)2-1-3-12(14)20/h1-7,20H,8H2. The van der Waals surface area contributed by atoms with Crippen molar-refractivity contribution in [3.05, 3.63) is 65.5 Å². The molecule has 3 rings (SSSR count). The minimum absolute atomic E-state index is 0.0947. The van der Waals surface area contributed by atoms with Crippen LogP contribution >= 0.6 is 0 Å². The van der Waals surface area contributed by atoms with Crippen LogP contribution in [0, 0.1) is 11.6 Å². The topological polar surface area (TPSA) is 59.2 Å². The van der Waals surface area contributed by atoms with E-state index in [0.29, 0.717) is 12.2 Å². The summed E-state index contributed by atoms with van der Waals surface area (Å²) in [5, 5.41) is 13.4. The molecule has 3 aromatic rings. The number of rotatable bonds is 3. The first-order valence-electron chi connectivity index (χ1n) is 6.18. The van der Waals surface area contributed by atoms with E-state index in [1.807, 2.05) is 0 Å². The van der Waals surface area contributed by atoms with E-state index in [0.717, 1.165) is 5.56 Å². The van der Waals surface area contributed by atoms with Gasteiger partial charge in [0.05, 0.1) is 0 Å². The predicted octanol–water partition coefficient (Wildman–Crippen LogP) is 3.31.